The average Bonchev–Trinajstić information content (AvgIpc) is 3.50. The summed E-state index contributed by atoms with van der Waals surface area (Å²) >= 11 is 0. The second-order valence-electron chi connectivity index (χ2n) is 11.1. The second kappa shape index (κ2) is 10.9. The highest BCUT2D eigenvalue weighted by atomic mass is 28.3. The molecule has 0 radical (unpaired) electrons. The number of benzene rings is 2. The van der Waals surface area contributed by atoms with E-state index < -0.39 is 25.7 Å². The van der Waals surface area contributed by atoms with Crippen LogP contribution in [0.25, 0.3) is 33.1 Å². The van der Waals surface area contributed by atoms with Crippen LogP contribution in [0.3, 0.4) is 0 Å². The number of rotatable bonds is 10. The van der Waals surface area contributed by atoms with E-state index in [1.807, 2.05) is 6.07 Å². The van der Waals surface area contributed by atoms with Gasteiger partial charge in [0.25, 0.3) is 5.56 Å². The maximum atomic E-state index is 14.7. The highest BCUT2D eigenvalue weighted by molar-refractivity contribution is 6.76. The summed E-state index contributed by atoms with van der Waals surface area (Å²) < 4.78 is 44.9. The molecule has 214 valence electrons. The molecule has 41 heavy (non-hydrogen) atoms. The van der Waals surface area contributed by atoms with Crippen molar-refractivity contribution in [3.8, 4) is 22.6 Å². The molecule has 3 aromatic heterocycles. The molecule has 0 spiro atoms. The molecular formula is C29H30F2N4O5Si. The quantitative estimate of drug-likeness (QED) is 0.165. The Morgan fingerprint density at radius 2 is 1.85 bits per heavy atom. The number of aromatic nitrogens is 4. The number of fused-ring (bicyclic) bond motifs is 2. The van der Waals surface area contributed by atoms with Gasteiger partial charge in [-0.1, -0.05) is 19.6 Å². The third-order valence-corrected chi connectivity index (χ3v) is 8.48. The van der Waals surface area contributed by atoms with Crippen LogP contribution in [0.2, 0.25) is 25.7 Å². The van der Waals surface area contributed by atoms with Gasteiger partial charge in [0, 0.05) is 56.7 Å². The fourth-order valence-electron chi connectivity index (χ4n) is 4.64. The lowest BCUT2D eigenvalue weighted by atomic mass is 10.0. The lowest BCUT2D eigenvalue weighted by Crippen LogP contribution is -2.23. The van der Waals surface area contributed by atoms with Gasteiger partial charge in [0.15, 0.2) is 17.3 Å². The van der Waals surface area contributed by atoms with Crippen molar-refractivity contribution in [2.45, 2.75) is 39.0 Å². The SMILES string of the molecule is Cn1cc(-c2ccc3c(ncn3CC(=O)O)c2Oc2ccc(F)cc2F)c2ccn(COCC[Si](C)(C)C)c2c1=O. The van der Waals surface area contributed by atoms with Crippen molar-refractivity contribution < 1.29 is 28.2 Å². The van der Waals surface area contributed by atoms with Crippen molar-refractivity contribution in [3.05, 3.63) is 77.1 Å². The summed E-state index contributed by atoms with van der Waals surface area (Å²) in [6.07, 6.45) is 4.80. The van der Waals surface area contributed by atoms with Crippen molar-refractivity contribution in [2.24, 2.45) is 7.05 Å². The van der Waals surface area contributed by atoms with Crippen molar-refractivity contribution in [3.63, 3.8) is 0 Å². The molecule has 0 amide bonds. The Hall–Kier alpha value is -4.29. The molecule has 0 fully saturated rings. The summed E-state index contributed by atoms with van der Waals surface area (Å²) in [4.78, 5) is 29.1. The first kappa shape index (κ1) is 28.2. The fourth-order valence-corrected chi connectivity index (χ4v) is 5.40. The molecule has 0 atom stereocenters. The van der Waals surface area contributed by atoms with Gasteiger partial charge in [-0.3, -0.25) is 9.59 Å². The Morgan fingerprint density at radius 1 is 1.07 bits per heavy atom. The standard InChI is InChI=1S/C29H30F2N4O5Si/c1-33-14-21(19-9-10-34(27(19)29(33)38)17-39-11-12-41(2,3)4)20-6-7-23-26(32-16-35(23)15-25(36)37)28(20)40-24-8-5-18(30)13-22(24)31/h5-10,13-14,16H,11-12,15,17H2,1-4H3,(H,36,37). The Balaban J connectivity index is 1.66. The Bertz CT molecular complexity index is 1840. The first-order chi connectivity index (χ1) is 19.4. The third kappa shape index (κ3) is 5.79. The minimum atomic E-state index is -1.28. The molecule has 2 aromatic carbocycles. The van der Waals surface area contributed by atoms with E-state index in [9.17, 15) is 23.5 Å². The van der Waals surface area contributed by atoms with Gasteiger partial charge in [0.1, 0.15) is 30.1 Å². The molecule has 0 aliphatic carbocycles. The molecule has 0 saturated heterocycles. The fraction of sp³-hybridized carbons (Fsp3) is 0.276. The molecule has 9 nitrogen and oxygen atoms in total. The second-order valence-corrected chi connectivity index (χ2v) is 16.7. The van der Waals surface area contributed by atoms with Crippen molar-refractivity contribution in [1.29, 1.82) is 0 Å². The predicted octanol–water partition coefficient (Wildman–Crippen LogP) is 5.82. The lowest BCUT2D eigenvalue weighted by molar-refractivity contribution is -0.137. The minimum absolute atomic E-state index is 0.135. The normalized spacial score (nSPS) is 12.0. The largest absolute Gasteiger partial charge is 0.480 e. The Morgan fingerprint density at radius 3 is 2.56 bits per heavy atom. The molecule has 3 heterocycles. The zero-order valence-electron chi connectivity index (χ0n) is 23.1. The number of hydrogen-bond donors (Lipinski definition) is 1. The van der Waals surface area contributed by atoms with E-state index in [1.165, 1.54) is 21.5 Å². The first-order valence-electron chi connectivity index (χ1n) is 13.0. The zero-order valence-corrected chi connectivity index (χ0v) is 24.1. The van der Waals surface area contributed by atoms with Gasteiger partial charge < -0.3 is 28.3 Å². The average molecular weight is 581 g/mol. The van der Waals surface area contributed by atoms with Crippen LogP contribution < -0.4 is 10.3 Å². The number of carbonyl (C=O) groups is 1. The number of hydrogen-bond acceptors (Lipinski definition) is 5. The summed E-state index contributed by atoms with van der Waals surface area (Å²) in [6.45, 7) is 7.25. The summed E-state index contributed by atoms with van der Waals surface area (Å²) in [7, 11) is 0.350. The van der Waals surface area contributed by atoms with Crippen molar-refractivity contribution in [1.82, 2.24) is 18.7 Å². The van der Waals surface area contributed by atoms with Crippen LogP contribution in [0, 0.1) is 11.6 Å². The zero-order chi connectivity index (χ0) is 29.5. The van der Waals surface area contributed by atoms with Crippen LogP contribution in [-0.2, 0) is 29.9 Å². The van der Waals surface area contributed by atoms with Gasteiger partial charge in [-0.25, -0.2) is 13.8 Å². The number of carboxylic acid groups (broad SMARTS) is 1. The van der Waals surface area contributed by atoms with E-state index in [1.54, 1.807) is 36.1 Å². The molecule has 12 heteroatoms. The Labute approximate surface area is 235 Å². The van der Waals surface area contributed by atoms with Crippen molar-refractivity contribution >= 4 is 36.0 Å². The molecule has 0 bridgehead atoms. The van der Waals surface area contributed by atoms with Gasteiger partial charge >= 0.3 is 5.97 Å². The van der Waals surface area contributed by atoms with Crippen LogP contribution in [-0.4, -0.2) is 44.4 Å². The number of imidazole rings is 1. The van der Waals surface area contributed by atoms with Crippen LogP contribution in [0.15, 0.2) is 59.9 Å². The van der Waals surface area contributed by atoms with Gasteiger partial charge in [0.05, 0.1) is 11.8 Å². The summed E-state index contributed by atoms with van der Waals surface area (Å²) in [6, 6.07) is 9.17. The number of ether oxygens (including phenoxy) is 2. The molecule has 1 N–H and O–H groups in total. The maximum Gasteiger partial charge on any atom is 0.323 e. The Kier molecular flexibility index (Phi) is 7.54. The number of aryl methyl sites for hydroxylation is 1. The smallest absolute Gasteiger partial charge is 0.323 e. The molecule has 5 aromatic rings. The molecule has 0 aliphatic rings. The van der Waals surface area contributed by atoms with Crippen molar-refractivity contribution in [2.75, 3.05) is 6.61 Å². The summed E-state index contributed by atoms with van der Waals surface area (Å²) in [5.41, 5.74) is 2.02. The molecule has 0 aliphatic heterocycles. The van der Waals surface area contributed by atoms with E-state index in [0.717, 1.165) is 12.1 Å². The molecule has 0 saturated carbocycles. The van der Waals surface area contributed by atoms with Gasteiger partial charge in [-0.15, -0.1) is 0 Å². The summed E-state index contributed by atoms with van der Waals surface area (Å²) in [5, 5.41) is 9.95. The van der Waals surface area contributed by atoms with E-state index in [-0.39, 0.29) is 35.9 Å². The molecule has 5 rings (SSSR count). The summed E-state index contributed by atoms with van der Waals surface area (Å²) in [5.74, 6) is -2.83. The van der Waals surface area contributed by atoms with E-state index in [0.29, 0.717) is 40.2 Å². The number of nitrogens with zero attached hydrogens (tertiary/aromatic N) is 4. The van der Waals surface area contributed by atoms with E-state index >= 15 is 0 Å². The predicted molar refractivity (Wildman–Crippen MR) is 154 cm³/mol. The number of halogens is 2. The number of carboxylic acids is 1. The molecule has 0 unspecified atom stereocenters. The highest BCUT2D eigenvalue weighted by Gasteiger charge is 2.22. The number of aliphatic carboxylic acids is 1. The number of pyridine rings is 1. The highest BCUT2D eigenvalue weighted by Crippen LogP contribution is 2.41. The van der Waals surface area contributed by atoms with Crippen LogP contribution >= 0.6 is 0 Å². The van der Waals surface area contributed by atoms with Gasteiger partial charge in [-0.2, -0.15) is 0 Å². The molecular weight excluding hydrogens is 550 g/mol. The van der Waals surface area contributed by atoms with Crippen LogP contribution in [0.5, 0.6) is 11.5 Å². The monoisotopic (exact) mass is 580 g/mol. The first-order valence-corrected chi connectivity index (χ1v) is 16.7. The minimum Gasteiger partial charge on any atom is -0.480 e. The van der Waals surface area contributed by atoms with E-state index in [4.69, 9.17) is 9.47 Å². The van der Waals surface area contributed by atoms with Crippen LogP contribution in [0.4, 0.5) is 8.78 Å². The topological polar surface area (TPSA) is 101 Å². The van der Waals surface area contributed by atoms with Crippen LogP contribution in [0.1, 0.15) is 0 Å². The van der Waals surface area contributed by atoms with Gasteiger partial charge in [0.2, 0.25) is 0 Å². The maximum absolute atomic E-state index is 14.7. The third-order valence-electron chi connectivity index (χ3n) is 6.77. The van der Waals surface area contributed by atoms with Gasteiger partial charge in [-0.05, 0) is 36.4 Å². The van der Waals surface area contributed by atoms with E-state index in [2.05, 4.69) is 24.6 Å². The lowest BCUT2D eigenvalue weighted by Gasteiger charge is -2.16.